The first-order valence-corrected chi connectivity index (χ1v) is 6.82. The fourth-order valence-corrected chi connectivity index (χ4v) is 2.45. The van der Waals surface area contributed by atoms with Gasteiger partial charge in [0.15, 0.2) is 23.2 Å². The third-order valence-electron chi connectivity index (χ3n) is 3.56. The molecule has 6 N–H and O–H groups in total. The van der Waals surface area contributed by atoms with E-state index in [9.17, 15) is 10.2 Å². The minimum Gasteiger partial charge on any atom is -0.412 e. The van der Waals surface area contributed by atoms with Gasteiger partial charge in [-0.2, -0.15) is 0 Å². The van der Waals surface area contributed by atoms with Crippen molar-refractivity contribution in [2.24, 2.45) is 0 Å². The molecule has 0 amide bonds. The Balaban J connectivity index is 0.00000192. The number of ether oxygens (including phenoxy) is 1. The summed E-state index contributed by atoms with van der Waals surface area (Å²) in [6, 6.07) is 0. The van der Waals surface area contributed by atoms with E-state index in [-0.39, 0.29) is 12.1 Å². The quantitative estimate of drug-likeness (QED) is 0.469. The average molecular weight is 325 g/mol. The molecule has 0 aliphatic carbocycles. The molecule has 10 heteroatoms. The van der Waals surface area contributed by atoms with Crippen molar-refractivity contribution in [2.45, 2.75) is 24.5 Å². The summed E-state index contributed by atoms with van der Waals surface area (Å²) in [7, 11) is 0. The molecule has 10 nitrogen and oxygen atoms in total. The van der Waals surface area contributed by atoms with Crippen LogP contribution >= 0.6 is 0 Å². The highest BCUT2D eigenvalue weighted by Crippen LogP contribution is 2.31. The van der Waals surface area contributed by atoms with Crippen LogP contribution in [0.5, 0.6) is 0 Å². The summed E-state index contributed by atoms with van der Waals surface area (Å²) < 4.78 is 7.00. The highest BCUT2D eigenvalue weighted by molar-refractivity contribution is 5.82. The Labute approximate surface area is 131 Å². The molecular weight excluding hydrogens is 306 g/mol. The molecule has 1 fully saturated rings. The van der Waals surface area contributed by atoms with Gasteiger partial charge >= 0.3 is 0 Å². The first-order chi connectivity index (χ1) is 10.7. The molecule has 1 saturated heterocycles. The van der Waals surface area contributed by atoms with Gasteiger partial charge in [0.1, 0.15) is 24.6 Å². The fourth-order valence-electron chi connectivity index (χ4n) is 2.45. The normalized spacial score (nSPS) is 26.9. The number of aliphatic hydroxyl groups excluding tert-OH is 3. The van der Waals surface area contributed by atoms with E-state index >= 15 is 0 Å². The van der Waals surface area contributed by atoms with Gasteiger partial charge in [-0.05, 0) is 0 Å². The molecule has 3 heterocycles. The number of imidazole rings is 1. The van der Waals surface area contributed by atoms with Gasteiger partial charge in [-0.15, -0.1) is 6.58 Å². The van der Waals surface area contributed by atoms with Crippen molar-refractivity contribution in [3.8, 4) is 0 Å². The Morgan fingerprint density at radius 1 is 1.30 bits per heavy atom. The molecule has 0 aromatic carbocycles. The molecule has 2 aromatic heterocycles. The van der Waals surface area contributed by atoms with E-state index in [0.29, 0.717) is 23.5 Å². The van der Waals surface area contributed by atoms with Gasteiger partial charge in [0, 0.05) is 6.54 Å². The van der Waals surface area contributed by atoms with Crippen LogP contribution in [0.1, 0.15) is 6.23 Å². The number of fused-ring (bicyclic) bond motifs is 1. The molecule has 1 aliphatic rings. The lowest BCUT2D eigenvalue weighted by molar-refractivity contribution is -0.0511. The van der Waals surface area contributed by atoms with E-state index in [1.54, 1.807) is 6.08 Å². The van der Waals surface area contributed by atoms with Crippen molar-refractivity contribution in [1.82, 2.24) is 19.5 Å². The van der Waals surface area contributed by atoms with Crippen molar-refractivity contribution in [1.29, 1.82) is 0 Å². The minimum atomic E-state index is -1.19. The lowest BCUT2D eigenvalue weighted by Crippen LogP contribution is -2.33. The molecule has 1 aliphatic heterocycles. The molecule has 0 spiro atoms. The number of aliphatic hydroxyl groups is 3. The predicted molar refractivity (Wildman–Crippen MR) is 80.6 cm³/mol. The Morgan fingerprint density at radius 2 is 2.09 bits per heavy atom. The van der Waals surface area contributed by atoms with Crippen LogP contribution in [0.3, 0.4) is 0 Å². The lowest BCUT2D eigenvalue weighted by atomic mass is 10.1. The van der Waals surface area contributed by atoms with Crippen LogP contribution < -0.4 is 5.32 Å². The Hall–Kier alpha value is -2.11. The second kappa shape index (κ2) is 6.98. The standard InChI is InChI=1S/C13H17N5O4.H2O/c1-2-3-14-11-8-12(16-5-15-11)18(6-17-8)13-10(21)9(20)7(4-19)22-13;/h2,5-7,9-10,13,19-21H,1,3-4H2,(H,14,15,16);1H2/t7-,9-,10-,13-;/m1./s1. The molecule has 126 valence electrons. The average Bonchev–Trinajstić information content (AvgIpc) is 3.08. The van der Waals surface area contributed by atoms with Gasteiger partial charge in [0.2, 0.25) is 0 Å². The SMILES string of the molecule is C=CCNc1ncnc2c1ncn2[C@@H]1O[C@H](CO)[C@@H](O)[C@H]1O.O. The third kappa shape index (κ3) is 2.90. The summed E-state index contributed by atoms with van der Waals surface area (Å²) in [5.74, 6) is 0.537. The second-order valence-electron chi connectivity index (χ2n) is 4.94. The summed E-state index contributed by atoms with van der Waals surface area (Å²) in [4.78, 5) is 12.5. The molecular formula is C13H19N5O5. The molecule has 0 unspecified atom stereocenters. The van der Waals surface area contributed by atoms with Crippen LogP contribution in [0.25, 0.3) is 11.2 Å². The smallest absolute Gasteiger partial charge is 0.167 e. The maximum absolute atomic E-state index is 10.1. The van der Waals surface area contributed by atoms with Crippen LogP contribution in [0, 0.1) is 0 Å². The zero-order valence-electron chi connectivity index (χ0n) is 12.2. The molecule has 0 saturated carbocycles. The van der Waals surface area contributed by atoms with Crippen LogP contribution in [-0.4, -0.2) is 71.8 Å². The summed E-state index contributed by atoms with van der Waals surface area (Å²) in [5, 5.41) is 32.1. The summed E-state index contributed by atoms with van der Waals surface area (Å²) in [6.45, 7) is 3.76. The monoisotopic (exact) mass is 325 g/mol. The fraction of sp³-hybridized carbons (Fsp3) is 0.462. The molecule has 23 heavy (non-hydrogen) atoms. The second-order valence-corrected chi connectivity index (χ2v) is 4.94. The highest BCUT2D eigenvalue weighted by atomic mass is 16.6. The maximum atomic E-state index is 10.1. The summed E-state index contributed by atoms with van der Waals surface area (Å²) in [6.07, 6.45) is 0.432. The van der Waals surface area contributed by atoms with E-state index in [1.807, 2.05) is 0 Å². The van der Waals surface area contributed by atoms with E-state index < -0.39 is 24.5 Å². The van der Waals surface area contributed by atoms with Crippen LogP contribution in [-0.2, 0) is 4.74 Å². The van der Waals surface area contributed by atoms with E-state index in [1.165, 1.54) is 17.2 Å². The molecule has 2 aromatic rings. The lowest BCUT2D eigenvalue weighted by Gasteiger charge is -2.16. The topological polar surface area (TPSA) is 157 Å². The molecule has 4 atom stereocenters. The number of anilines is 1. The number of nitrogens with zero attached hydrogens (tertiary/aromatic N) is 4. The number of aromatic nitrogens is 4. The number of hydrogen-bond acceptors (Lipinski definition) is 8. The van der Waals surface area contributed by atoms with Crippen LogP contribution in [0.4, 0.5) is 5.82 Å². The van der Waals surface area contributed by atoms with Gasteiger partial charge in [-0.3, -0.25) is 4.57 Å². The van der Waals surface area contributed by atoms with Crippen molar-refractivity contribution in [3.63, 3.8) is 0 Å². The summed E-state index contributed by atoms with van der Waals surface area (Å²) in [5.41, 5.74) is 0.971. The molecule has 3 rings (SSSR count). The number of hydrogen-bond donors (Lipinski definition) is 4. The van der Waals surface area contributed by atoms with Gasteiger partial charge in [0.25, 0.3) is 0 Å². The molecule has 0 bridgehead atoms. The highest BCUT2D eigenvalue weighted by Gasteiger charge is 2.43. The third-order valence-corrected chi connectivity index (χ3v) is 3.56. The Kier molecular flexibility index (Phi) is 5.23. The van der Waals surface area contributed by atoms with Gasteiger partial charge in [-0.1, -0.05) is 6.08 Å². The predicted octanol–water partition coefficient (Wildman–Crippen LogP) is -1.79. The molecule has 0 radical (unpaired) electrons. The van der Waals surface area contributed by atoms with Crippen molar-refractivity contribution >= 4 is 17.0 Å². The van der Waals surface area contributed by atoms with Gasteiger partial charge in [-0.25, -0.2) is 15.0 Å². The van der Waals surface area contributed by atoms with Crippen molar-refractivity contribution < 1.29 is 25.5 Å². The van der Waals surface area contributed by atoms with Gasteiger partial charge in [0.05, 0.1) is 12.9 Å². The van der Waals surface area contributed by atoms with Crippen LogP contribution in [0.15, 0.2) is 25.3 Å². The summed E-state index contributed by atoms with van der Waals surface area (Å²) >= 11 is 0. The zero-order valence-corrected chi connectivity index (χ0v) is 12.2. The van der Waals surface area contributed by atoms with Crippen molar-refractivity contribution in [2.75, 3.05) is 18.5 Å². The zero-order chi connectivity index (χ0) is 15.7. The maximum Gasteiger partial charge on any atom is 0.167 e. The number of nitrogens with one attached hydrogen (secondary N) is 1. The Morgan fingerprint density at radius 3 is 2.74 bits per heavy atom. The van der Waals surface area contributed by atoms with Crippen LogP contribution in [0.2, 0.25) is 0 Å². The van der Waals surface area contributed by atoms with E-state index in [4.69, 9.17) is 9.84 Å². The van der Waals surface area contributed by atoms with E-state index in [0.717, 1.165) is 0 Å². The largest absolute Gasteiger partial charge is 0.412 e. The van der Waals surface area contributed by atoms with E-state index in [2.05, 4.69) is 26.8 Å². The van der Waals surface area contributed by atoms with Gasteiger partial charge < -0.3 is 30.8 Å². The minimum absolute atomic E-state index is 0. The van der Waals surface area contributed by atoms with Crippen molar-refractivity contribution in [3.05, 3.63) is 25.3 Å². The first kappa shape index (κ1) is 17.2. The first-order valence-electron chi connectivity index (χ1n) is 6.82. The number of rotatable bonds is 5. The Bertz CT molecular complexity index is 678.